The lowest BCUT2D eigenvalue weighted by atomic mass is 10.1. The number of alkyl halides is 3. The number of nitrogens with zero attached hydrogens (tertiary/aromatic N) is 9. The third kappa shape index (κ3) is 6.10. The monoisotopic (exact) mass is 691 g/mol. The Bertz CT molecular complexity index is 1730. The van der Waals surface area contributed by atoms with Crippen LogP contribution in [0.25, 0.3) is 16.6 Å². The fourth-order valence-corrected chi connectivity index (χ4v) is 6.44. The Hall–Kier alpha value is -4.10. The van der Waals surface area contributed by atoms with Crippen LogP contribution in [-0.4, -0.2) is 93.4 Å². The molecule has 4 heterocycles. The van der Waals surface area contributed by atoms with Gasteiger partial charge in [-0.15, -0.1) is 0 Å². The van der Waals surface area contributed by atoms with E-state index in [1.165, 1.54) is 23.2 Å². The van der Waals surface area contributed by atoms with Crippen LogP contribution in [0, 0.1) is 11.3 Å². The molecule has 1 aromatic carbocycles. The maximum atomic E-state index is 14.1. The summed E-state index contributed by atoms with van der Waals surface area (Å²) in [4.78, 5) is 42.9. The predicted octanol–water partition coefficient (Wildman–Crippen LogP) is 3.90. The van der Waals surface area contributed by atoms with E-state index >= 15 is 0 Å². The second-order valence-corrected chi connectivity index (χ2v) is 11.6. The second-order valence-electron chi connectivity index (χ2n) is 10.7. The highest BCUT2D eigenvalue weighted by molar-refractivity contribution is 9.10. The molecule has 0 radical (unpaired) electrons. The van der Waals surface area contributed by atoms with Crippen LogP contribution >= 0.6 is 15.9 Å². The lowest BCUT2D eigenvalue weighted by Gasteiger charge is -2.45. The largest absolute Gasteiger partial charge is 0.419 e. The third-order valence-electron chi connectivity index (χ3n) is 8.19. The number of nitriles is 1. The molecular formula is C29H30BrF4N9O2. The first-order valence-corrected chi connectivity index (χ1v) is 15.1. The summed E-state index contributed by atoms with van der Waals surface area (Å²) in [6.07, 6.45) is -3.65. The molecule has 238 valence electrons. The maximum absolute atomic E-state index is 14.1. The molecule has 0 aliphatic carbocycles. The second kappa shape index (κ2) is 12.7. The maximum Gasteiger partial charge on any atom is 0.419 e. The number of anilines is 2. The molecule has 45 heavy (non-hydrogen) atoms. The summed E-state index contributed by atoms with van der Waals surface area (Å²) in [5, 5.41) is 13.7. The summed E-state index contributed by atoms with van der Waals surface area (Å²) in [6.45, 7) is 10.3. The number of rotatable bonds is 8. The molecule has 0 N–H and O–H groups in total. The summed E-state index contributed by atoms with van der Waals surface area (Å²) >= 11 is 2.95. The Morgan fingerprint density at radius 1 is 1.16 bits per heavy atom. The van der Waals surface area contributed by atoms with Crippen molar-refractivity contribution in [2.45, 2.75) is 38.5 Å². The van der Waals surface area contributed by atoms with Crippen molar-refractivity contribution in [1.29, 1.82) is 5.26 Å². The van der Waals surface area contributed by atoms with Crippen molar-refractivity contribution >= 4 is 44.5 Å². The average molecular weight is 693 g/mol. The fraction of sp³-hybridized carbons (Fsp3) is 0.448. The minimum atomic E-state index is -4.79. The van der Waals surface area contributed by atoms with Crippen molar-refractivity contribution in [3.8, 4) is 11.8 Å². The molecule has 2 aliphatic heterocycles. The van der Waals surface area contributed by atoms with Crippen LogP contribution in [0.15, 0.2) is 46.1 Å². The van der Waals surface area contributed by atoms with E-state index < -0.39 is 40.8 Å². The third-order valence-corrected chi connectivity index (χ3v) is 8.85. The van der Waals surface area contributed by atoms with Crippen molar-refractivity contribution in [2.24, 2.45) is 0 Å². The van der Waals surface area contributed by atoms with Gasteiger partial charge >= 0.3 is 6.18 Å². The van der Waals surface area contributed by atoms with Gasteiger partial charge in [0.15, 0.2) is 5.83 Å². The number of amides is 1. The zero-order valence-corrected chi connectivity index (χ0v) is 26.1. The number of hydrogen-bond donors (Lipinski definition) is 0. The molecule has 2 aliphatic rings. The van der Waals surface area contributed by atoms with Gasteiger partial charge in [-0.2, -0.15) is 33.2 Å². The molecule has 0 unspecified atom stereocenters. The highest BCUT2D eigenvalue weighted by Gasteiger charge is 2.38. The molecule has 16 heteroatoms. The fourth-order valence-electron chi connectivity index (χ4n) is 5.86. The Balaban J connectivity index is 1.64. The molecule has 0 bridgehead atoms. The van der Waals surface area contributed by atoms with E-state index in [1.807, 2.05) is 11.0 Å². The van der Waals surface area contributed by atoms with Gasteiger partial charge in [0.1, 0.15) is 11.3 Å². The van der Waals surface area contributed by atoms with Crippen molar-refractivity contribution in [2.75, 3.05) is 55.6 Å². The van der Waals surface area contributed by atoms with Crippen molar-refractivity contribution in [3.63, 3.8) is 0 Å². The van der Waals surface area contributed by atoms with Crippen molar-refractivity contribution in [1.82, 2.24) is 29.5 Å². The average Bonchev–Trinajstić information content (AvgIpc) is 2.97. The first kappa shape index (κ1) is 32.3. The van der Waals surface area contributed by atoms with Crippen LogP contribution < -0.4 is 15.4 Å². The lowest BCUT2D eigenvalue weighted by molar-refractivity contribution is -0.138. The highest BCUT2D eigenvalue weighted by atomic mass is 79.9. The number of likely N-dealkylation sites (N-methyl/N-ethyl adjacent to an activating group) is 1. The molecule has 5 rings (SSSR count). The molecule has 2 saturated heterocycles. The summed E-state index contributed by atoms with van der Waals surface area (Å²) < 4.78 is 56.4. The predicted molar refractivity (Wildman–Crippen MR) is 163 cm³/mol. The minimum absolute atomic E-state index is 0.0418. The summed E-state index contributed by atoms with van der Waals surface area (Å²) in [7, 11) is 0. The smallest absolute Gasteiger partial charge is 0.352 e. The van der Waals surface area contributed by atoms with Gasteiger partial charge in [0, 0.05) is 43.2 Å². The van der Waals surface area contributed by atoms with Crippen LogP contribution in [0.1, 0.15) is 25.8 Å². The Labute approximate surface area is 264 Å². The molecule has 0 spiro atoms. The Morgan fingerprint density at radius 2 is 1.87 bits per heavy atom. The van der Waals surface area contributed by atoms with E-state index in [0.717, 1.165) is 19.2 Å². The normalized spacial score (nSPS) is 17.5. The van der Waals surface area contributed by atoms with Gasteiger partial charge in [-0.1, -0.05) is 42.4 Å². The highest BCUT2D eigenvalue weighted by Crippen LogP contribution is 2.39. The molecular weight excluding hydrogens is 662 g/mol. The number of aromatic nitrogens is 4. The molecule has 11 nitrogen and oxygen atoms in total. The minimum Gasteiger partial charge on any atom is -0.352 e. The van der Waals surface area contributed by atoms with E-state index in [4.69, 9.17) is 4.98 Å². The topological polar surface area (TPSA) is 114 Å². The molecule has 2 fully saturated rings. The Morgan fingerprint density at radius 3 is 2.49 bits per heavy atom. The molecule has 3 aromatic rings. The quantitative estimate of drug-likeness (QED) is 0.256. The molecule has 1 amide bonds. The van der Waals surface area contributed by atoms with Gasteiger partial charge in [0.05, 0.1) is 41.4 Å². The van der Waals surface area contributed by atoms with Crippen molar-refractivity contribution < 1.29 is 22.4 Å². The van der Waals surface area contributed by atoms with Crippen molar-refractivity contribution in [3.05, 3.63) is 57.2 Å². The van der Waals surface area contributed by atoms with Gasteiger partial charge in [0.25, 0.3) is 11.5 Å². The van der Waals surface area contributed by atoms with Crippen LogP contribution in [0.2, 0.25) is 0 Å². The number of halogens is 5. The summed E-state index contributed by atoms with van der Waals surface area (Å²) in [5.41, 5.74) is -2.55. The van der Waals surface area contributed by atoms with Gasteiger partial charge in [0.2, 0.25) is 5.95 Å². The van der Waals surface area contributed by atoms with E-state index in [1.54, 1.807) is 4.90 Å². The van der Waals surface area contributed by atoms with E-state index in [9.17, 15) is 32.4 Å². The van der Waals surface area contributed by atoms with E-state index in [0.29, 0.717) is 17.8 Å². The summed E-state index contributed by atoms with van der Waals surface area (Å²) in [6, 6.07) is 5.30. The van der Waals surface area contributed by atoms with Gasteiger partial charge in [-0.3, -0.25) is 14.5 Å². The lowest BCUT2D eigenvalue weighted by Crippen LogP contribution is -2.60. The van der Waals surface area contributed by atoms with Gasteiger partial charge < -0.3 is 14.7 Å². The number of carbonyl (C=O) groups excluding carboxylic acids is 1. The zero-order valence-electron chi connectivity index (χ0n) is 24.6. The molecule has 2 aromatic heterocycles. The first-order valence-electron chi connectivity index (χ1n) is 14.3. The molecule has 0 saturated carbocycles. The van der Waals surface area contributed by atoms with E-state index in [2.05, 4.69) is 51.3 Å². The van der Waals surface area contributed by atoms with Gasteiger partial charge in [-0.25, -0.2) is 9.37 Å². The summed E-state index contributed by atoms with van der Waals surface area (Å²) in [5.74, 6) is -1.56. The molecule has 1 atom stereocenters. The Kier molecular flexibility index (Phi) is 9.13. The number of hydrogen-bond acceptors (Lipinski definition) is 9. The van der Waals surface area contributed by atoms with E-state index in [-0.39, 0.29) is 59.2 Å². The first-order chi connectivity index (χ1) is 21.4. The van der Waals surface area contributed by atoms with Crippen LogP contribution in [0.4, 0.5) is 29.3 Å². The standard InChI is InChI=1S/C29H30BrF4N9O2/c1-4-39(5-2)19-15-41(16-19)28-37-24-20(13-36-43(27(24)45)22-8-6-7-21(30)23(22)29(32,33)34)25(38-28)40-11-12-42(26(44)17(3)31)18(14-40)9-10-35/h6-8,13,18-19H,3-5,9,11-12,14-16H2,1-2H3/t18-/m1/s1. The van der Waals surface area contributed by atoms with Crippen LogP contribution in [0.5, 0.6) is 0 Å². The number of carbonyl (C=O) groups is 1. The zero-order chi connectivity index (χ0) is 32.6. The van der Waals surface area contributed by atoms with Gasteiger partial charge in [-0.05, 0) is 25.2 Å². The van der Waals surface area contributed by atoms with Crippen LogP contribution in [-0.2, 0) is 11.0 Å². The number of benzene rings is 1. The van der Waals surface area contributed by atoms with Crippen LogP contribution in [0.3, 0.4) is 0 Å². The number of fused-ring (bicyclic) bond motifs is 1. The number of piperazine rings is 1. The SMILES string of the molecule is C=C(F)C(=O)N1CCN(c2nc(N3CC(N(CC)CC)C3)nc3c(=O)n(-c4cccc(Br)c4C(F)(F)F)ncc23)C[C@H]1CC#N.